The molecule has 1 amide bonds. The number of amides is 1. The Bertz CT molecular complexity index is 511. The summed E-state index contributed by atoms with van der Waals surface area (Å²) < 4.78 is 0. The van der Waals surface area contributed by atoms with E-state index in [1.54, 1.807) is 0 Å². The maximum atomic E-state index is 12.0. The molecule has 6 heteroatoms. The van der Waals surface area contributed by atoms with Gasteiger partial charge in [-0.05, 0) is 19.4 Å². The summed E-state index contributed by atoms with van der Waals surface area (Å²) in [7, 11) is 0. The highest BCUT2D eigenvalue weighted by atomic mass is 16.3. The minimum Gasteiger partial charge on any atom is -0.395 e. The molecule has 0 radical (unpaired) electrons. The maximum Gasteiger partial charge on any atom is 0.221 e. The minimum absolute atomic E-state index is 0.0831. The monoisotopic (exact) mass is 322 g/mol. The van der Waals surface area contributed by atoms with Gasteiger partial charge in [-0.3, -0.25) is 9.69 Å². The Morgan fingerprint density at radius 3 is 2.39 bits per heavy atom. The molecular weight excluding hydrogens is 296 g/mol. The normalized spacial score (nSPS) is 29.4. The van der Waals surface area contributed by atoms with Gasteiger partial charge in [0.1, 0.15) is 0 Å². The van der Waals surface area contributed by atoms with Crippen molar-refractivity contribution in [3.8, 4) is 0 Å². The molecule has 0 bridgehead atoms. The number of benzene rings is 1. The number of aliphatic hydroxyl groups excluding tert-OH is 3. The highest BCUT2D eigenvalue weighted by Crippen LogP contribution is 2.35. The number of aliphatic hydroxyl groups is 3. The molecule has 2 rings (SSSR count). The minimum atomic E-state index is -1.08. The van der Waals surface area contributed by atoms with Crippen LogP contribution in [0.4, 0.5) is 0 Å². The van der Waals surface area contributed by atoms with Gasteiger partial charge in [0, 0.05) is 25.0 Å². The van der Waals surface area contributed by atoms with Crippen LogP contribution in [0.25, 0.3) is 0 Å². The second kappa shape index (κ2) is 7.88. The van der Waals surface area contributed by atoms with Crippen LogP contribution >= 0.6 is 0 Å². The third-order valence-corrected chi connectivity index (χ3v) is 4.59. The SMILES string of the molecule is CCNC(=O)C[C@@H]1[C@@H](O)[C@H](O)[C@@H](CO)N1C(C)c1ccccc1. The van der Waals surface area contributed by atoms with Crippen molar-refractivity contribution in [1.29, 1.82) is 0 Å². The van der Waals surface area contributed by atoms with Crippen molar-refractivity contribution < 1.29 is 20.1 Å². The predicted octanol–water partition coefficient (Wildman–Crippen LogP) is 0.0407. The molecule has 1 aliphatic heterocycles. The quantitative estimate of drug-likeness (QED) is 0.593. The van der Waals surface area contributed by atoms with Gasteiger partial charge < -0.3 is 20.6 Å². The van der Waals surface area contributed by atoms with E-state index < -0.39 is 24.3 Å². The zero-order valence-corrected chi connectivity index (χ0v) is 13.6. The molecule has 0 aliphatic carbocycles. The number of carbonyl (C=O) groups excluding carboxylic acids is 1. The standard InChI is InChI=1S/C17H26N2O4/c1-3-18-15(21)9-13-16(22)17(23)14(10-20)19(13)11(2)12-7-5-4-6-8-12/h4-8,11,13-14,16-17,20,22-23H,3,9-10H2,1-2H3,(H,18,21)/t11?,13-,14-,16-,17-/m1/s1. The van der Waals surface area contributed by atoms with Crippen LogP contribution in [-0.4, -0.2) is 63.6 Å². The first-order valence-electron chi connectivity index (χ1n) is 8.07. The first-order valence-corrected chi connectivity index (χ1v) is 8.07. The number of likely N-dealkylation sites (tertiary alicyclic amines) is 1. The van der Waals surface area contributed by atoms with Crippen molar-refractivity contribution in [3.05, 3.63) is 35.9 Å². The Hall–Kier alpha value is -1.47. The smallest absolute Gasteiger partial charge is 0.221 e. The van der Waals surface area contributed by atoms with Gasteiger partial charge in [-0.15, -0.1) is 0 Å². The molecule has 0 aromatic heterocycles. The van der Waals surface area contributed by atoms with Gasteiger partial charge in [-0.25, -0.2) is 0 Å². The molecule has 0 saturated carbocycles. The summed E-state index contributed by atoms with van der Waals surface area (Å²) >= 11 is 0. The predicted molar refractivity (Wildman–Crippen MR) is 86.7 cm³/mol. The highest BCUT2D eigenvalue weighted by molar-refractivity contribution is 5.76. The Labute approximate surface area is 136 Å². The third-order valence-electron chi connectivity index (χ3n) is 4.59. The number of hydrogen-bond acceptors (Lipinski definition) is 5. The zero-order chi connectivity index (χ0) is 17.0. The molecule has 1 fully saturated rings. The number of rotatable bonds is 6. The third kappa shape index (κ3) is 3.72. The average molecular weight is 322 g/mol. The molecule has 5 atom stereocenters. The lowest BCUT2D eigenvalue weighted by atomic mass is 10.0. The molecule has 1 heterocycles. The van der Waals surface area contributed by atoms with E-state index in [1.807, 2.05) is 49.1 Å². The van der Waals surface area contributed by atoms with Crippen molar-refractivity contribution in [2.24, 2.45) is 0 Å². The van der Waals surface area contributed by atoms with Crippen LogP contribution in [0.2, 0.25) is 0 Å². The van der Waals surface area contributed by atoms with Crippen molar-refractivity contribution in [2.45, 2.75) is 50.6 Å². The maximum absolute atomic E-state index is 12.0. The molecular formula is C17H26N2O4. The lowest BCUT2D eigenvalue weighted by Crippen LogP contribution is -2.45. The van der Waals surface area contributed by atoms with Crippen LogP contribution in [0.15, 0.2) is 30.3 Å². The van der Waals surface area contributed by atoms with Gasteiger partial charge in [0.05, 0.1) is 24.9 Å². The Balaban J connectivity index is 2.27. The van der Waals surface area contributed by atoms with Crippen molar-refractivity contribution >= 4 is 5.91 Å². The van der Waals surface area contributed by atoms with Gasteiger partial charge in [-0.1, -0.05) is 30.3 Å². The first-order chi connectivity index (χ1) is 11.0. The Kier molecular flexibility index (Phi) is 6.12. The molecule has 4 N–H and O–H groups in total. The zero-order valence-electron chi connectivity index (χ0n) is 13.6. The summed E-state index contributed by atoms with van der Waals surface area (Å²) in [5, 5.41) is 33.0. The molecule has 1 aromatic rings. The summed E-state index contributed by atoms with van der Waals surface area (Å²) in [4.78, 5) is 13.8. The Morgan fingerprint density at radius 1 is 1.22 bits per heavy atom. The van der Waals surface area contributed by atoms with Gasteiger partial charge in [-0.2, -0.15) is 0 Å². The van der Waals surface area contributed by atoms with Gasteiger partial charge in [0.25, 0.3) is 0 Å². The summed E-state index contributed by atoms with van der Waals surface area (Å²) in [6.07, 6.45) is -2.06. The van der Waals surface area contributed by atoms with E-state index in [0.717, 1.165) is 5.56 Å². The molecule has 1 aliphatic rings. The molecule has 1 aromatic carbocycles. The summed E-state index contributed by atoms with van der Waals surface area (Å²) in [6.45, 7) is 4.02. The van der Waals surface area contributed by atoms with Gasteiger partial charge in [0.15, 0.2) is 0 Å². The summed E-state index contributed by atoms with van der Waals surface area (Å²) in [5.74, 6) is -0.174. The van der Waals surface area contributed by atoms with Gasteiger partial charge >= 0.3 is 0 Å². The van der Waals surface area contributed by atoms with E-state index in [-0.39, 0.29) is 25.0 Å². The topological polar surface area (TPSA) is 93.0 Å². The molecule has 23 heavy (non-hydrogen) atoms. The fourth-order valence-corrected chi connectivity index (χ4v) is 3.42. The molecule has 0 spiro atoms. The van der Waals surface area contributed by atoms with Crippen molar-refractivity contribution in [2.75, 3.05) is 13.2 Å². The van der Waals surface area contributed by atoms with Crippen LogP contribution in [0.5, 0.6) is 0 Å². The largest absolute Gasteiger partial charge is 0.395 e. The summed E-state index contributed by atoms with van der Waals surface area (Å²) in [5.41, 5.74) is 1.01. The molecule has 128 valence electrons. The molecule has 1 saturated heterocycles. The lowest BCUT2D eigenvalue weighted by Gasteiger charge is -2.35. The van der Waals surface area contributed by atoms with E-state index in [1.165, 1.54) is 0 Å². The van der Waals surface area contributed by atoms with Crippen LogP contribution in [0.1, 0.15) is 31.9 Å². The molecule has 6 nitrogen and oxygen atoms in total. The summed E-state index contributed by atoms with van der Waals surface area (Å²) in [6, 6.07) is 8.39. The van der Waals surface area contributed by atoms with Crippen LogP contribution in [-0.2, 0) is 4.79 Å². The van der Waals surface area contributed by atoms with Crippen LogP contribution < -0.4 is 5.32 Å². The highest BCUT2D eigenvalue weighted by Gasteiger charge is 2.49. The fourth-order valence-electron chi connectivity index (χ4n) is 3.42. The lowest BCUT2D eigenvalue weighted by molar-refractivity contribution is -0.123. The number of hydrogen-bond donors (Lipinski definition) is 4. The van der Waals surface area contributed by atoms with E-state index in [0.29, 0.717) is 6.54 Å². The van der Waals surface area contributed by atoms with Crippen LogP contribution in [0, 0.1) is 0 Å². The van der Waals surface area contributed by atoms with Gasteiger partial charge in [0.2, 0.25) is 5.91 Å². The fraction of sp³-hybridized carbons (Fsp3) is 0.588. The average Bonchev–Trinajstić information content (AvgIpc) is 2.79. The van der Waals surface area contributed by atoms with Crippen molar-refractivity contribution in [3.63, 3.8) is 0 Å². The Morgan fingerprint density at radius 2 is 1.83 bits per heavy atom. The second-order valence-corrected chi connectivity index (χ2v) is 5.99. The molecule has 1 unspecified atom stereocenters. The van der Waals surface area contributed by atoms with E-state index in [2.05, 4.69) is 5.32 Å². The second-order valence-electron chi connectivity index (χ2n) is 5.99. The van der Waals surface area contributed by atoms with Crippen molar-refractivity contribution in [1.82, 2.24) is 10.2 Å². The number of carbonyl (C=O) groups is 1. The van der Waals surface area contributed by atoms with E-state index >= 15 is 0 Å². The number of nitrogens with zero attached hydrogens (tertiary/aromatic N) is 1. The van der Waals surface area contributed by atoms with Crippen LogP contribution in [0.3, 0.4) is 0 Å². The van der Waals surface area contributed by atoms with E-state index in [4.69, 9.17) is 0 Å². The van der Waals surface area contributed by atoms with E-state index in [9.17, 15) is 20.1 Å². The number of nitrogens with one attached hydrogen (secondary N) is 1. The first kappa shape index (κ1) is 17.9.